The van der Waals surface area contributed by atoms with Gasteiger partial charge in [-0.05, 0) is 53.3 Å². The van der Waals surface area contributed by atoms with Crippen LogP contribution >= 0.6 is 0 Å². The fourth-order valence-corrected chi connectivity index (χ4v) is 3.11. The Morgan fingerprint density at radius 3 is 2.83 bits per heavy atom. The zero-order valence-corrected chi connectivity index (χ0v) is 12.7. The third-order valence-corrected chi connectivity index (χ3v) is 4.27. The van der Waals surface area contributed by atoms with Gasteiger partial charge in [-0.3, -0.25) is 4.79 Å². The summed E-state index contributed by atoms with van der Waals surface area (Å²) in [6.45, 7) is 0.0125. The van der Waals surface area contributed by atoms with E-state index in [4.69, 9.17) is 5.73 Å². The van der Waals surface area contributed by atoms with Gasteiger partial charge in [0.1, 0.15) is 12.4 Å². The predicted octanol–water partition coefficient (Wildman–Crippen LogP) is 0.922. The van der Waals surface area contributed by atoms with Crippen LogP contribution in [0, 0.1) is 11.7 Å². The summed E-state index contributed by atoms with van der Waals surface area (Å²) in [6, 6.07) is 6.66. The Bertz CT molecular complexity index is 671. The van der Waals surface area contributed by atoms with Gasteiger partial charge < -0.3 is 11.1 Å². The minimum atomic E-state index is -0.232. The van der Waals surface area contributed by atoms with Gasteiger partial charge in [0.05, 0.1) is 0 Å². The number of amides is 1. The van der Waals surface area contributed by atoms with Crippen molar-refractivity contribution in [2.24, 2.45) is 5.92 Å². The Balaban J connectivity index is 1.57. The van der Waals surface area contributed by atoms with E-state index >= 15 is 0 Å². The Labute approximate surface area is 133 Å². The second kappa shape index (κ2) is 6.72. The molecule has 2 atom stereocenters. The summed E-state index contributed by atoms with van der Waals surface area (Å²) in [5.41, 5.74) is 6.64. The number of nitrogens with one attached hydrogen (secondary N) is 1. The van der Waals surface area contributed by atoms with Crippen LogP contribution in [0.2, 0.25) is 0 Å². The van der Waals surface area contributed by atoms with Crippen LogP contribution in [0.25, 0.3) is 0 Å². The van der Waals surface area contributed by atoms with Crippen LogP contribution in [-0.2, 0) is 17.8 Å². The molecular weight excluding hydrogens is 299 g/mol. The molecule has 1 amide bonds. The highest BCUT2D eigenvalue weighted by molar-refractivity contribution is 5.76. The molecule has 1 aliphatic carbocycles. The number of hydrogen-bond donors (Lipinski definition) is 2. The average molecular weight is 318 g/mol. The first-order valence-corrected chi connectivity index (χ1v) is 7.67. The van der Waals surface area contributed by atoms with Crippen molar-refractivity contribution in [3.05, 3.63) is 35.6 Å². The van der Waals surface area contributed by atoms with Gasteiger partial charge in [0.25, 0.3) is 0 Å². The molecule has 0 radical (unpaired) electrons. The highest BCUT2D eigenvalue weighted by atomic mass is 19.1. The molecule has 3 rings (SSSR count). The van der Waals surface area contributed by atoms with Gasteiger partial charge in [0, 0.05) is 6.04 Å². The van der Waals surface area contributed by atoms with Gasteiger partial charge in [0.15, 0.2) is 0 Å². The van der Waals surface area contributed by atoms with E-state index in [1.165, 1.54) is 16.8 Å². The third-order valence-electron chi connectivity index (χ3n) is 4.27. The quantitative estimate of drug-likeness (QED) is 0.854. The molecule has 0 saturated heterocycles. The van der Waals surface area contributed by atoms with Crippen molar-refractivity contribution in [1.29, 1.82) is 0 Å². The molecule has 122 valence electrons. The van der Waals surface area contributed by atoms with E-state index in [0.717, 1.165) is 31.2 Å². The summed E-state index contributed by atoms with van der Waals surface area (Å²) in [5.74, 6) is 0.0918. The molecule has 7 nitrogen and oxygen atoms in total. The number of tetrazole rings is 1. The van der Waals surface area contributed by atoms with E-state index < -0.39 is 0 Å². The third kappa shape index (κ3) is 3.82. The summed E-state index contributed by atoms with van der Waals surface area (Å²) in [5, 5.41) is 13.7. The van der Waals surface area contributed by atoms with Crippen LogP contribution in [0.3, 0.4) is 0 Å². The van der Waals surface area contributed by atoms with Crippen LogP contribution in [-0.4, -0.2) is 32.2 Å². The van der Waals surface area contributed by atoms with Crippen LogP contribution in [0.5, 0.6) is 0 Å². The molecule has 1 fully saturated rings. The predicted molar refractivity (Wildman–Crippen MR) is 81.6 cm³/mol. The van der Waals surface area contributed by atoms with Crippen molar-refractivity contribution in [2.75, 3.05) is 5.73 Å². The lowest BCUT2D eigenvalue weighted by atomic mass is 9.94. The average Bonchev–Trinajstić information content (AvgIpc) is 3.12. The van der Waals surface area contributed by atoms with Gasteiger partial charge in [0.2, 0.25) is 11.9 Å². The molecule has 1 heterocycles. The number of anilines is 1. The number of benzene rings is 1. The first-order chi connectivity index (χ1) is 11.1. The van der Waals surface area contributed by atoms with Crippen LogP contribution < -0.4 is 11.1 Å². The minimum absolute atomic E-state index is 0.0125. The van der Waals surface area contributed by atoms with Gasteiger partial charge in [-0.25, -0.2) is 9.07 Å². The van der Waals surface area contributed by atoms with E-state index in [0.29, 0.717) is 5.92 Å². The fourth-order valence-electron chi connectivity index (χ4n) is 3.11. The monoisotopic (exact) mass is 318 g/mol. The smallest absolute Gasteiger partial charge is 0.242 e. The number of hydrogen-bond acceptors (Lipinski definition) is 5. The van der Waals surface area contributed by atoms with E-state index in [-0.39, 0.29) is 30.3 Å². The molecule has 0 aliphatic heterocycles. The van der Waals surface area contributed by atoms with Crippen molar-refractivity contribution >= 4 is 11.9 Å². The van der Waals surface area contributed by atoms with Gasteiger partial charge >= 0.3 is 0 Å². The van der Waals surface area contributed by atoms with E-state index in [1.54, 1.807) is 12.1 Å². The Morgan fingerprint density at radius 1 is 1.35 bits per heavy atom. The standard InChI is InChI=1S/C15H19FN6O/c16-12-6-4-10(5-7-12)8-11-2-1-3-13(11)18-14(23)9-22-15(17)19-20-21-22/h4-7,11,13H,1-3,8-9H2,(H,18,23)(H2,17,19,21)/t11-,13-/m0/s1. The number of halogens is 1. The zero-order chi connectivity index (χ0) is 16.2. The summed E-state index contributed by atoms with van der Waals surface area (Å²) in [4.78, 5) is 12.1. The summed E-state index contributed by atoms with van der Waals surface area (Å²) in [7, 11) is 0. The van der Waals surface area contributed by atoms with Crippen molar-refractivity contribution in [3.63, 3.8) is 0 Å². The fraction of sp³-hybridized carbons (Fsp3) is 0.467. The molecular formula is C15H19FN6O. The molecule has 3 N–H and O–H groups in total. The first-order valence-electron chi connectivity index (χ1n) is 7.67. The maximum atomic E-state index is 13.0. The second-order valence-corrected chi connectivity index (χ2v) is 5.89. The maximum absolute atomic E-state index is 13.0. The molecule has 23 heavy (non-hydrogen) atoms. The molecule has 2 aromatic rings. The summed E-state index contributed by atoms with van der Waals surface area (Å²) < 4.78 is 14.2. The molecule has 0 bridgehead atoms. The van der Waals surface area contributed by atoms with Crippen molar-refractivity contribution in [2.45, 2.75) is 38.3 Å². The maximum Gasteiger partial charge on any atom is 0.242 e. The molecule has 0 unspecified atom stereocenters. The Kier molecular flexibility index (Phi) is 4.50. The number of nitrogens with two attached hydrogens (primary N) is 1. The van der Waals surface area contributed by atoms with Crippen molar-refractivity contribution in [3.8, 4) is 0 Å². The molecule has 1 saturated carbocycles. The zero-order valence-electron chi connectivity index (χ0n) is 12.7. The second-order valence-electron chi connectivity index (χ2n) is 5.89. The lowest BCUT2D eigenvalue weighted by molar-refractivity contribution is -0.122. The normalized spacial score (nSPS) is 20.6. The van der Waals surface area contributed by atoms with Gasteiger partial charge in [-0.15, -0.1) is 0 Å². The highest BCUT2D eigenvalue weighted by Crippen LogP contribution is 2.29. The number of nitrogens with zero attached hydrogens (tertiary/aromatic N) is 4. The first kappa shape index (κ1) is 15.4. The molecule has 8 heteroatoms. The Hall–Kier alpha value is -2.51. The summed E-state index contributed by atoms with van der Waals surface area (Å²) in [6.07, 6.45) is 3.90. The van der Waals surface area contributed by atoms with Gasteiger partial charge in [-0.2, -0.15) is 0 Å². The number of carbonyl (C=O) groups excluding carboxylic acids is 1. The number of carbonyl (C=O) groups is 1. The van der Waals surface area contributed by atoms with Crippen LogP contribution in [0.1, 0.15) is 24.8 Å². The largest absolute Gasteiger partial charge is 0.367 e. The summed E-state index contributed by atoms with van der Waals surface area (Å²) >= 11 is 0. The SMILES string of the molecule is Nc1nnnn1CC(=O)N[C@H]1CCC[C@H]1Cc1ccc(F)cc1. The molecule has 0 spiro atoms. The highest BCUT2D eigenvalue weighted by Gasteiger charge is 2.28. The minimum Gasteiger partial charge on any atom is -0.367 e. The number of nitrogen functional groups attached to an aromatic ring is 1. The van der Waals surface area contributed by atoms with Crippen LogP contribution in [0.15, 0.2) is 24.3 Å². The molecule has 1 aliphatic rings. The lowest BCUT2D eigenvalue weighted by Crippen LogP contribution is -2.40. The lowest BCUT2D eigenvalue weighted by Gasteiger charge is -2.21. The Morgan fingerprint density at radius 2 is 2.13 bits per heavy atom. The van der Waals surface area contributed by atoms with E-state index in [1.807, 2.05) is 0 Å². The van der Waals surface area contributed by atoms with Crippen LogP contribution in [0.4, 0.5) is 10.3 Å². The van der Waals surface area contributed by atoms with Crippen molar-refractivity contribution in [1.82, 2.24) is 25.5 Å². The van der Waals surface area contributed by atoms with Crippen molar-refractivity contribution < 1.29 is 9.18 Å². The van der Waals surface area contributed by atoms with E-state index in [2.05, 4.69) is 20.8 Å². The number of rotatable bonds is 5. The topological polar surface area (TPSA) is 98.7 Å². The molecule has 1 aromatic carbocycles. The molecule has 1 aromatic heterocycles. The van der Waals surface area contributed by atoms with E-state index in [9.17, 15) is 9.18 Å². The number of aromatic nitrogens is 4. The van der Waals surface area contributed by atoms with Gasteiger partial charge in [-0.1, -0.05) is 23.7 Å².